The molecule has 3 heteroatoms. The van der Waals surface area contributed by atoms with Crippen LogP contribution in [-0.2, 0) is 4.79 Å². The Hall–Kier alpha value is -0.570. The average molecular weight is 266 g/mol. The highest BCUT2D eigenvalue weighted by molar-refractivity contribution is 5.76. The van der Waals surface area contributed by atoms with Crippen molar-refractivity contribution in [1.82, 2.24) is 5.32 Å². The van der Waals surface area contributed by atoms with Crippen molar-refractivity contribution in [3.63, 3.8) is 0 Å². The summed E-state index contributed by atoms with van der Waals surface area (Å²) in [6.45, 7) is 4.56. The maximum atomic E-state index is 12.0. The quantitative estimate of drug-likeness (QED) is 0.822. The van der Waals surface area contributed by atoms with Crippen LogP contribution in [0.5, 0.6) is 0 Å². The van der Waals surface area contributed by atoms with Gasteiger partial charge in [-0.3, -0.25) is 4.79 Å². The van der Waals surface area contributed by atoms with Gasteiger partial charge in [0, 0.05) is 18.5 Å². The Morgan fingerprint density at radius 3 is 2.63 bits per heavy atom. The molecule has 0 aliphatic heterocycles. The molecule has 0 aromatic rings. The lowest BCUT2D eigenvalue weighted by atomic mass is 9.83. The molecule has 0 radical (unpaired) electrons. The SMILES string of the molecule is CC1CCC(NC(=O)CCC2CCCC(N)C2)C1C. The number of carbonyl (C=O) groups is 1. The van der Waals surface area contributed by atoms with Crippen molar-refractivity contribution < 1.29 is 4.79 Å². The normalized spacial score (nSPS) is 39.2. The van der Waals surface area contributed by atoms with E-state index in [9.17, 15) is 4.79 Å². The van der Waals surface area contributed by atoms with Gasteiger partial charge >= 0.3 is 0 Å². The first kappa shape index (κ1) is 14.8. The molecule has 0 spiro atoms. The summed E-state index contributed by atoms with van der Waals surface area (Å²) in [5, 5.41) is 3.24. The van der Waals surface area contributed by atoms with Crippen LogP contribution in [-0.4, -0.2) is 18.0 Å². The van der Waals surface area contributed by atoms with Gasteiger partial charge in [0.25, 0.3) is 0 Å². The van der Waals surface area contributed by atoms with Crippen LogP contribution in [0.3, 0.4) is 0 Å². The highest BCUT2D eigenvalue weighted by atomic mass is 16.1. The molecular formula is C16H30N2O. The zero-order valence-corrected chi connectivity index (χ0v) is 12.5. The Morgan fingerprint density at radius 1 is 1.21 bits per heavy atom. The van der Waals surface area contributed by atoms with Gasteiger partial charge < -0.3 is 11.1 Å². The molecule has 0 heterocycles. The second-order valence-electron chi connectivity index (χ2n) is 6.92. The highest BCUT2D eigenvalue weighted by Crippen LogP contribution is 2.31. The van der Waals surface area contributed by atoms with Crippen LogP contribution in [0.15, 0.2) is 0 Å². The van der Waals surface area contributed by atoms with Crippen LogP contribution in [0.2, 0.25) is 0 Å². The highest BCUT2D eigenvalue weighted by Gasteiger charge is 2.30. The maximum Gasteiger partial charge on any atom is 0.220 e. The summed E-state index contributed by atoms with van der Waals surface area (Å²) >= 11 is 0. The van der Waals surface area contributed by atoms with Crippen molar-refractivity contribution in [3.8, 4) is 0 Å². The second-order valence-corrected chi connectivity index (χ2v) is 6.92. The third kappa shape index (κ3) is 4.20. The molecule has 2 aliphatic rings. The van der Waals surface area contributed by atoms with Crippen molar-refractivity contribution in [3.05, 3.63) is 0 Å². The van der Waals surface area contributed by atoms with Crippen molar-refractivity contribution in [2.45, 2.75) is 77.3 Å². The van der Waals surface area contributed by atoms with Gasteiger partial charge in [0.05, 0.1) is 0 Å². The second kappa shape index (κ2) is 6.74. The Bertz CT molecular complexity index is 305. The Kier molecular flexibility index (Phi) is 5.26. The van der Waals surface area contributed by atoms with Gasteiger partial charge in [0.2, 0.25) is 5.91 Å². The summed E-state index contributed by atoms with van der Waals surface area (Å²) < 4.78 is 0. The number of nitrogens with two attached hydrogens (primary N) is 1. The molecule has 3 N–H and O–H groups in total. The largest absolute Gasteiger partial charge is 0.353 e. The predicted octanol–water partition coefficient (Wildman–Crippen LogP) is 2.83. The van der Waals surface area contributed by atoms with Crippen molar-refractivity contribution in [2.24, 2.45) is 23.5 Å². The van der Waals surface area contributed by atoms with Crippen molar-refractivity contribution in [2.75, 3.05) is 0 Å². The van der Waals surface area contributed by atoms with E-state index in [0.29, 0.717) is 30.3 Å². The van der Waals surface area contributed by atoms with Crippen molar-refractivity contribution in [1.29, 1.82) is 0 Å². The summed E-state index contributed by atoms with van der Waals surface area (Å²) in [7, 11) is 0. The first-order valence-corrected chi connectivity index (χ1v) is 8.11. The molecule has 2 fully saturated rings. The third-order valence-corrected chi connectivity index (χ3v) is 5.41. The van der Waals surface area contributed by atoms with Crippen LogP contribution in [0.25, 0.3) is 0 Å². The van der Waals surface area contributed by atoms with Gasteiger partial charge in [-0.15, -0.1) is 0 Å². The van der Waals surface area contributed by atoms with Crippen molar-refractivity contribution >= 4 is 5.91 Å². The van der Waals surface area contributed by atoms with E-state index in [4.69, 9.17) is 5.73 Å². The molecule has 0 aromatic heterocycles. The zero-order valence-electron chi connectivity index (χ0n) is 12.5. The van der Waals surface area contributed by atoms with Gasteiger partial charge in [-0.1, -0.05) is 26.7 Å². The van der Waals surface area contributed by atoms with E-state index in [1.165, 1.54) is 25.7 Å². The molecule has 3 nitrogen and oxygen atoms in total. The van der Waals surface area contributed by atoms with Gasteiger partial charge in [0.15, 0.2) is 0 Å². The first-order valence-electron chi connectivity index (χ1n) is 8.11. The molecule has 0 saturated heterocycles. The van der Waals surface area contributed by atoms with Crippen LogP contribution >= 0.6 is 0 Å². The summed E-state index contributed by atoms with van der Waals surface area (Å²) in [4.78, 5) is 12.0. The van der Waals surface area contributed by atoms with E-state index in [2.05, 4.69) is 19.2 Å². The van der Waals surface area contributed by atoms with E-state index in [-0.39, 0.29) is 5.91 Å². The van der Waals surface area contributed by atoms with Crippen LogP contribution in [0.1, 0.15) is 65.2 Å². The predicted molar refractivity (Wildman–Crippen MR) is 78.7 cm³/mol. The molecule has 0 bridgehead atoms. The molecule has 2 rings (SSSR count). The molecule has 2 saturated carbocycles. The number of rotatable bonds is 4. The van der Waals surface area contributed by atoms with E-state index in [1.54, 1.807) is 0 Å². The minimum Gasteiger partial charge on any atom is -0.353 e. The molecule has 5 atom stereocenters. The smallest absolute Gasteiger partial charge is 0.220 e. The molecule has 0 aromatic carbocycles. The number of carbonyl (C=O) groups excluding carboxylic acids is 1. The van der Waals surface area contributed by atoms with Gasteiger partial charge in [-0.25, -0.2) is 0 Å². The number of hydrogen-bond donors (Lipinski definition) is 2. The van der Waals surface area contributed by atoms with Gasteiger partial charge in [0.1, 0.15) is 0 Å². The maximum absolute atomic E-state index is 12.0. The van der Waals surface area contributed by atoms with Gasteiger partial charge in [-0.2, -0.15) is 0 Å². The molecular weight excluding hydrogens is 236 g/mol. The van der Waals surface area contributed by atoms with E-state index < -0.39 is 0 Å². The fraction of sp³-hybridized carbons (Fsp3) is 0.938. The number of nitrogens with one attached hydrogen (secondary N) is 1. The summed E-state index contributed by atoms with van der Waals surface area (Å²) in [5.74, 6) is 2.31. The summed E-state index contributed by atoms with van der Waals surface area (Å²) in [6, 6.07) is 0.786. The first-order chi connectivity index (χ1) is 9.06. The van der Waals surface area contributed by atoms with E-state index in [1.807, 2.05) is 0 Å². The number of amides is 1. The minimum atomic E-state index is 0.255. The zero-order chi connectivity index (χ0) is 13.8. The average Bonchev–Trinajstić information content (AvgIpc) is 2.69. The van der Waals surface area contributed by atoms with Crippen LogP contribution in [0.4, 0.5) is 0 Å². The topological polar surface area (TPSA) is 55.1 Å². The fourth-order valence-electron chi connectivity index (χ4n) is 3.78. The lowest BCUT2D eigenvalue weighted by molar-refractivity contribution is -0.122. The third-order valence-electron chi connectivity index (χ3n) is 5.41. The fourth-order valence-corrected chi connectivity index (χ4v) is 3.78. The van der Waals surface area contributed by atoms with Gasteiger partial charge in [-0.05, 0) is 49.9 Å². The summed E-state index contributed by atoms with van der Waals surface area (Å²) in [5.41, 5.74) is 6.00. The molecule has 19 heavy (non-hydrogen) atoms. The lowest BCUT2D eigenvalue weighted by Gasteiger charge is -2.26. The molecule has 5 unspecified atom stereocenters. The lowest BCUT2D eigenvalue weighted by Crippen LogP contribution is -2.37. The Balaban J connectivity index is 1.67. The van der Waals surface area contributed by atoms with Crippen LogP contribution < -0.4 is 11.1 Å². The molecule has 110 valence electrons. The minimum absolute atomic E-state index is 0.255. The van der Waals surface area contributed by atoms with E-state index >= 15 is 0 Å². The molecule has 1 amide bonds. The van der Waals surface area contributed by atoms with Crippen LogP contribution in [0, 0.1) is 17.8 Å². The summed E-state index contributed by atoms with van der Waals surface area (Å²) in [6.07, 6.45) is 8.91. The number of hydrogen-bond acceptors (Lipinski definition) is 2. The van der Waals surface area contributed by atoms with E-state index in [0.717, 1.165) is 25.2 Å². The standard InChI is InChI=1S/C16H30N2O/c1-11-6-8-15(12(11)2)18-16(19)9-7-13-4-3-5-14(17)10-13/h11-15H,3-10,17H2,1-2H3,(H,18,19). The Labute approximate surface area is 117 Å². The monoisotopic (exact) mass is 266 g/mol. The Morgan fingerprint density at radius 2 is 2.00 bits per heavy atom. The molecule has 2 aliphatic carbocycles.